The van der Waals surface area contributed by atoms with Gasteiger partial charge in [-0.2, -0.15) is 0 Å². The highest BCUT2D eigenvalue weighted by molar-refractivity contribution is 5.80. The first kappa shape index (κ1) is 77.2. The minimum Gasteiger partial charge on any atom is -0.454 e. The van der Waals surface area contributed by atoms with Crippen molar-refractivity contribution in [1.29, 1.82) is 0 Å². The number of rotatable bonds is 61. The Balaban J connectivity index is 2.55. The number of carbonyl (C=O) groups is 2. The normalized spacial score (nSPS) is 18.7. The molecule has 1 heterocycles. The molecular weight excluding hydrogens is 1010 g/mol. The van der Waals surface area contributed by atoms with Gasteiger partial charge < -0.3 is 45.1 Å². The number of ether oxygens (including phenoxy) is 3. The van der Waals surface area contributed by atoms with E-state index in [1.165, 1.54) is 238 Å². The summed E-state index contributed by atoms with van der Waals surface area (Å²) < 4.78 is 17.7. The zero-order valence-corrected chi connectivity index (χ0v) is 53.2. The van der Waals surface area contributed by atoms with Crippen LogP contribution < -0.4 is 5.32 Å². The van der Waals surface area contributed by atoms with E-state index in [1.54, 1.807) is 6.08 Å². The number of esters is 1. The van der Waals surface area contributed by atoms with Crippen LogP contribution in [0.25, 0.3) is 0 Å². The smallest absolute Gasteiger partial charge is 0.306 e. The van der Waals surface area contributed by atoms with Gasteiger partial charge in [0.05, 0.1) is 25.4 Å². The van der Waals surface area contributed by atoms with Gasteiger partial charge in [0, 0.05) is 6.42 Å². The maximum Gasteiger partial charge on any atom is 0.306 e. The summed E-state index contributed by atoms with van der Waals surface area (Å²) in [7, 11) is 0. The molecule has 8 atom stereocenters. The van der Waals surface area contributed by atoms with Crippen LogP contribution in [0.15, 0.2) is 24.3 Å². The fourth-order valence-electron chi connectivity index (χ4n) is 11.3. The minimum absolute atomic E-state index is 0.130. The van der Waals surface area contributed by atoms with Crippen LogP contribution in [0.4, 0.5) is 0 Å². The predicted octanol–water partition coefficient (Wildman–Crippen LogP) is 17.6. The third-order valence-electron chi connectivity index (χ3n) is 16.9. The quantitative estimate of drug-likeness (QED) is 0.0195. The number of unbranched alkanes of at least 4 members (excludes halogenated alkanes) is 45. The monoisotopic (exact) mass is 1150 g/mol. The minimum atomic E-state index is -1.61. The second kappa shape index (κ2) is 58.5. The molecule has 0 aromatic rings. The van der Waals surface area contributed by atoms with Crippen molar-refractivity contribution in [1.82, 2.24) is 5.32 Å². The molecule has 0 spiro atoms. The van der Waals surface area contributed by atoms with E-state index in [1.807, 2.05) is 6.08 Å². The molecule has 8 unspecified atom stereocenters. The Morgan fingerprint density at radius 2 is 0.815 bits per heavy atom. The lowest BCUT2D eigenvalue weighted by atomic mass is 9.99. The van der Waals surface area contributed by atoms with E-state index in [2.05, 4.69) is 38.2 Å². The molecule has 0 aromatic heterocycles. The molecule has 1 aliphatic heterocycles. The zero-order chi connectivity index (χ0) is 58.9. The molecule has 1 aliphatic rings. The van der Waals surface area contributed by atoms with Crippen LogP contribution in [-0.2, 0) is 23.8 Å². The summed E-state index contributed by atoms with van der Waals surface area (Å²) >= 11 is 0. The number of aliphatic hydroxyl groups excluding tert-OH is 5. The number of amides is 1. The van der Waals surface area contributed by atoms with Crippen molar-refractivity contribution in [2.24, 2.45) is 0 Å². The molecular formula is C70H133NO10. The van der Waals surface area contributed by atoms with E-state index in [4.69, 9.17) is 14.2 Å². The average Bonchev–Trinajstić information content (AvgIpc) is 3.51. The second-order valence-corrected chi connectivity index (χ2v) is 24.6. The molecule has 1 amide bonds. The maximum atomic E-state index is 13.4. The lowest BCUT2D eigenvalue weighted by Gasteiger charge is -2.41. The van der Waals surface area contributed by atoms with E-state index in [-0.39, 0.29) is 13.0 Å². The molecule has 1 rings (SSSR count). The Morgan fingerprint density at radius 3 is 1.20 bits per heavy atom. The maximum absolute atomic E-state index is 13.4. The van der Waals surface area contributed by atoms with Crippen molar-refractivity contribution < 1.29 is 49.3 Å². The van der Waals surface area contributed by atoms with E-state index in [0.717, 1.165) is 64.2 Å². The van der Waals surface area contributed by atoms with Crippen LogP contribution >= 0.6 is 0 Å². The van der Waals surface area contributed by atoms with Gasteiger partial charge in [0.15, 0.2) is 12.4 Å². The molecule has 0 aromatic carbocycles. The number of carbonyl (C=O) groups excluding carboxylic acids is 2. The van der Waals surface area contributed by atoms with Gasteiger partial charge in [-0.05, 0) is 51.4 Å². The number of hydrogen-bond acceptors (Lipinski definition) is 10. The fourth-order valence-corrected chi connectivity index (χ4v) is 11.3. The van der Waals surface area contributed by atoms with Crippen LogP contribution in [-0.4, -0.2) is 99.6 Å². The highest BCUT2D eigenvalue weighted by Gasteiger charge is 2.47. The third kappa shape index (κ3) is 46.1. The van der Waals surface area contributed by atoms with Crippen LogP contribution in [0.1, 0.15) is 348 Å². The first-order valence-electron chi connectivity index (χ1n) is 35.1. The number of hydrogen-bond donors (Lipinski definition) is 6. The topological polar surface area (TPSA) is 175 Å². The molecule has 0 radical (unpaired) electrons. The van der Waals surface area contributed by atoms with Crippen LogP contribution in [0.3, 0.4) is 0 Å². The Labute approximate surface area is 499 Å². The molecule has 11 heteroatoms. The van der Waals surface area contributed by atoms with Crippen molar-refractivity contribution in [2.75, 3.05) is 13.2 Å². The number of allylic oxidation sites excluding steroid dienone is 3. The summed E-state index contributed by atoms with van der Waals surface area (Å²) in [6, 6.07) is -1.02. The summed E-state index contributed by atoms with van der Waals surface area (Å²) in [6.45, 7) is 5.83. The Morgan fingerprint density at radius 1 is 0.469 bits per heavy atom. The molecule has 6 N–H and O–H groups in total. The summed E-state index contributed by atoms with van der Waals surface area (Å²) in [6.07, 6.45) is 59.4. The van der Waals surface area contributed by atoms with Gasteiger partial charge in [0.2, 0.25) is 5.91 Å². The largest absolute Gasteiger partial charge is 0.454 e. The van der Waals surface area contributed by atoms with Gasteiger partial charge in [-0.3, -0.25) is 9.59 Å². The Bertz CT molecular complexity index is 1410. The second-order valence-electron chi connectivity index (χ2n) is 24.6. The Kier molecular flexibility index (Phi) is 55.7. The van der Waals surface area contributed by atoms with Crippen molar-refractivity contribution >= 4 is 11.9 Å². The van der Waals surface area contributed by atoms with Crippen molar-refractivity contribution in [2.45, 2.75) is 397 Å². The Hall–Kier alpha value is -1.86. The lowest BCUT2D eigenvalue weighted by Crippen LogP contribution is -2.61. The van der Waals surface area contributed by atoms with Crippen LogP contribution in [0, 0.1) is 0 Å². The van der Waals surface area contributed by atoms with Gasteiger partial charge in [0.25, 0.3) is 0 Å². The molecule has 1 fully saturated rings. The summed E-state index contributed by atoms with van der Waals surface area (Å²) in [4.78, 5) is 26.6. The highest BCUT2D eigenvalue weighted by atomic mass is 16.7. The van der Waals surface area contributed by atoms with Crippen LogP contribution in [0.2, 0.25) is 0 Å². The zero-order valence-electron chi connectivity index (χ0n) is 53.2. The summed E-state index contributed by atoms with van der Waals surface area (Å²) in [5, 5.41) is 57.1. The van der Waals surface area contributed by atoms with E-state index >= 15 is 0 Å². The number of aliphatic hydroxyl groups is 5. The van der Waals surface area contributed by atoms with Crippen LogP contribution in [0.5, 0.6) is 0 Å². The third-order valence-corrected chi connectivity index (χ3v) is 16.9. The van der Waals surface area contributed by atoms with Gasteiger partial charge >= 0.3 is 5.97 Å². The van der Waals surface area contributed by atoms with Gasteiger partial charge in [0.1, 0.15) is 24.4 Å². The highest BCUT2D eigenvalue weighted by Crippen LogP contribution is 2.26. The standard InChI is InChI=1S/C70H133NO10/c1-4-7-10-13-16-19-22-24-26-28-30-31-32-33-34-36-38-40-43-46-49-52-55-58-65(75)81-68-67(77)66(76)64(59-72)80-70(68)79-60-61(62(73)56-53-50-47-44-41-21-18-15-12-9-6-3)71-69(78)63(74)57-54-51-48-45-42-39-37-35-29-27-25-23-20-17-14-11-8-5-2/h25,27,53,56,61-64,66-68,70,72-74,76-77H,4-24,26,28-52,54-55,57-60H2,1-3H3,(H,71,78)/b27-25+,56-53+. The summed E-state index contributed by atoms with van der Waals surface area (Å²) in [5.41, 5.74) is 0. The van der Waals surface area contributed by atoms with Gasteiger partial charge in [-0.25, -0.2) is 0 Å². The van der Waals surface area contributed by atoms with Gasteiger partial charge in [-0.15, -0.1) is 0 Å². The molecule has 0 aliphatic carbocycles. The first-order chi connectivity index (χ1) is 39.7. The SMILES string of the molecule is CCCCCCCC/C=C/CCCCCCCCCCC(O)C(=O)NC(COC1OC(CO)C(O)C(O)C1OC(=O)CCCCCCCCCCCCCCCCCCCCCCCCC)C(O)/C=C/CCCCCCCCCCC. The predicted molar refractivity (Wildman–Crippen MR) is 338 cm³/mol. The fraction of sp³-hybridized carbons (Fsp3) is 0.914. The molecule has 478 valence electrons. The van der Waals surface area contributed by atoms with E-state index < -0.39 is 67.4 Å². The molecule has 0 bridgehead atoms. The first-order valence-corrected chi connectivity index (χ1v) is 35.1. The lowest BCUT2D eigenvalue weighted by molar-refractivity contribution is -0.305. The average molecular weight is 1150 g/mol. The van der Waals surface area contributed by atoms with E-state index in [9.17, 15) is 35.1 Å². The van der Waals surface area contributed by atoms with Crippen molar-refractivity contribution in [3.05, 3.63) is 24.3 Å². The van der Waals surface area contributed by atoms with E-state index in [0.29, 0.717) is 19.3 Å². The number of nitrogens with one attached hydrogen (secondary N) is 1. The van der Waals surface area contributed by atoms with Crippen molar-refractivity contribution in [3.8, 4) is 0 Å². The molecule has 81 heavy (non-hydrogen) atoms. The summed E-state index contributed by atoms with van der Waals surface area (Å²) in [5.74, 6) is -1.18. The van der Waals surface area contributed by atoms with Crippen molar-refractivity contribution in [3.63, 3.8) is 0 Å². The van der Waals surface area contributed by atoms with Gasteiger partial charge in [-0.1, -0.05) is 315 Å². The molecule has 0 saturated carbocycles. The molecule has 11 nitrogen and oxygen atoms in total. The molecule has 1 saturated heterocycles.